The lowest BCUT2D eigenvalue weighted by Crippen LogP contribution is -2.44. The Morgan fingerprint density at radius 3 is 2.73 bits per heavy atom. The van der Waals surface area contributed by atoms with Crippen LogP contribution in [-0.2, 0) is 4.79 Å². The van der Waals surface area contributed by atoms with E-state index in [9.17, 15) is 9.59 Å². The van der Waals surface area contributed by atoms with Crippen LogP contribution in [-0.4, -0.2) is 39.0 Å². The Labute approximate surface area is 179 Å². The summed E-state index contributed by atoms with van der Waals surface area (Å²) in [5.41, 5.74) is 1.51. The van der Waals surface area contributed by atoms with Crippen LogP contribution < -0.4 is 10.2 Å². The van der Waals surface area contributed by atoms with Gasteiger partial charge in [-0.1, -0.05) is 23.7 Å². The van der Waals surface area contributed by atoms with Gasteiger partial charge in [0.25, 0.3) is 5.91 Å². The van der Waals surface area contributed by atoms with Crippen LogP contribution in [0.5, 0.6) is 0 Å². The topological polar surface area (TPSA) is 79.6 Å². The van der Waals surface area contributed by atoms with Gasteiger partial charge >= 0.3 is 0 Å². The monoisotopic (exact) mass is 423 g/mol. The van der Waals surface area contributed by atoms with E-state index >= 15 is 0 Å². The third-order valence-electron chi connectivity index (χ3n) is 6.44. The SMILES string of the molecule is O=C(N[C@H]1CC[C@@]2(CCN(c3ccccc3Cl)C2=O)CC1)c1cnc2cccnn12. The molecule has 30 heavy (non-hydrogen) atoms. The lowest BCUT2D eigenvalue weighted by atomic mass is 9.71. The van der Waals surface area contributed by atoms with Gasteiger partial charge in [0.15, 0.2) is 5.65 Å². The van der Waals surface area contributed by atoms with Crippen LogP contribution in [0, 0.1) is 5.41 Å². The van der Waals surface area contributed by atoms with Crippen molar-refractivity contribution in [2.24, 2.45) is 5.41 Å². The van der Waals surface area contributed by atoms with E-state index in [4.69, 9.17) is 11.6 Å². The molecule has 3 heterocycles. The van der Waals surface area contributed by atoms with E-state index in [2.05, 4.69) is 15.4 Å². The molecule has 7 nitrogen and oxygen atoms in total. The fourth-order valence-corrected chi connectivity index (χ4v) is 4.98. The largest absolute Gasteiger partial charge is 0.348 e. The summed E-state index contributed by atoms with van der Waals surface area (Å²) in [5.74, 6) is -0.0241. The van der Waals surface area contributed by atoms with Gasteiger partial charge in [-0.25, -0.2) is 9.50 Å². The number of imidazole rings is 1. The number of aromatic nitrogens is 3. The van der Waals surface area contributed by atoms with Crippen molar-refractivity contribution in [1.82, 2.24) is 19.9 Å². The Balaban J connectivity index is 1.25. The van der Waals surface area contributed by atoms with E-state index in [1.54, 1.807) is 23.0 Å². The fraction of sp³-hybridized carbons (Fsp3) is 0.364. The Hall–Kier alpha value is -2.93. The average molecular weight is 424 g/mol. The van der Waals surface area contributed by atoms with Gasteiger partial charge in [-0.3, -0.25) is 9.59 Å². The Kier molecular flexibility index (Phi) is 4.70. The van der Waals surface area contributed by atoms with E-state index in [0.29, 0.717) is 22.9 Å². The predicted molar refractivity (Wildman–Crippen MR) is 114 cm³/mol. The van der Waals surface area contributed by atoms with Gasteiger partial charge in [0.1, 0.15) is 5.69 Å². The lowest BCUT2D eigenvalue weighted by molar-refractivity contribution is -0.127. The minimum absolute atomic E-state index is 0.0413. The van der Waals surface area contributed by atoms with Crippen molar-refractivity contribution in [2.75, 3.05) is 11.4 Å². The highest BCUT2D eigenvalue weighted by molar-refractivity contribution is 6.34. The maximum absolute atomic E-state index is 13.3. The van der Waals surface area contributed by atoms with Crippen LogP contribution in [0.2, 0.25) is 5.02 Å². The molecule has 2 aliphatic rings. The number of hydrogen-bond acceptors (Lipinski definition) is 4. The molecule has 0 bridgehead atoms. The average Bonchev–Trinajstić information content (AvgIpc) is 3.33. The number of hydrogen-bond donors (Lipinski definition) is 1. The van der Waals surface area contributed by atoms with Crippen LogP contribution >= 0.6 is 11.6 Å². The normalized spacial score (nSPS) is 24.0. The molecule has 3 aromatic rings. The summed E-state index contributed by atoms with van der Waals surface area (Å²) in [5, 5.41) is 7.90. The van der Waals surface area contributed by atoms with E-state index in [1.165, 1.54) is 0 Å². The molecular weight excluding hydrogens is 402 g/mol. The number of amides is 2. The zero-order valence-corrected chi connectivity index (χ0v) is 17.2. The smallest absolute Gasteiger partial charge is 0.271 e. The van der Waals surface area contributed by atoms with Gasteiger partial charge in [0.05, 0.1) is 22.3 Å². The number of para-hydroxylation sites is 1. The van der Waals surface area contributed by atoms with Crippen LogP contribution in [0.3, 0.4) is 0 Å². The molecule has 0 unspecified atom stereocenters. The van der Waals surface area contributed by atoms with E-state index in [0.717, 1.165) is 37.8 Å². The molecule has 154 valence electrons. The predicted octanol–water partition coefficient (Wildman–Crippen LogP) is 3.48. The molecule has 2 aromatic heterocycles. The summed E-state index contributed by atoms with van der Waals surface area (Å²) in [6, 6.07) is 11.1. The van der Waals surface area contributed by atoms with Crippen LogP contribution in [0.4, 0.5) is 5.69 Å². The Morgan fingerprint density at radius 1 is 1.13 bits per heavy atom. The summed E-state index contributed by atoms with van der Waals surface area (Å²) < 4.78 is 1.54. The molecule has 1 aliphatic carbocycles. The zero-order valence-electron chi connectivity index (χ0n) is 16.4. The molecule has 1 spiro atoms. The number of anilines is 1. The highest BCUT2D eigenvalue weighted by atomic mass is 35.5. The number of fused-ring (bicyclic) bond motifs is 1. The molecule has 1 N–H and O–H groups in total. The van der Waals surface area contributed by atoms with Crippen molar-refractivity contribution >= 4 is 34.7 Å². The first kappa shape index (κ1) is 19.1. The minimum atomic E-state index is -0.342. The van der Waals surface area contributed by atoms with Crippen LogP contribution in [0.1, 0.15) is 42.6 Å². The van der Waals surface area contributed by atoms with Gasteiger partial charge < -0.3 is 10.2 Å². The van der Waals surface area contributed by atoms with Gasteiger partial charge in [-0.2, -0.15) is 5.10 Å². The number of halogens is 1. The second kappa shape index (κ2) is 7.40. The van der Waals surface area contributed by atoms with E-state index < -0.39 is 0 Å². The van der Waals surface area contributed by atoms with Crippen molar-refractivity contribution in [3.63, 3.8) is 0 Å². The molecule has 0 radical (unpaired) electrons. The second-order valence-corrected chi connectivity index (χ2v) is 8.53. The molecule has 1 saturated carbocycles. The maximum atomic E-state index is 13.3. The molecule has 2 amide bonds. The zero-order chi connectivity index (χ0) is 20.7. The van der Waals surface area contributed by atoms with Crippen molar-refractivity contribution < 1.29 is 9.59 Å². The van der Waals surface area contributed by atoms with Gasteiger partial charge in [0.2, 0.25) is 5.91 Å². The van der Waals surface area contributed by atoms with Gasteiger partial charge in [0, 0.05) is 18.8 Å². The third kappa shape index (κ3) is 3.13. The maximum Gasteiger partial charge on any atom is 0.271 e. The Bertz CT molecular complexity index is 1120. The van der Waals surface area contributed by atoms with Gasteiger partial charge in [-0.05, 0) is 56.4 Å². The molecule has 0 atom stereocenters. The minimum Gasteiger partial charge on any atom is -0.348 e. The molecule has 8 heteroatoms. The highest BCUT2D eigenvalue weighted by Crippen LogP contribution is 2.46. The molecular formula is C22H22ClN5O2. The number of benzene rings is 1. The summed E-state index contributed by atoms with van der Waals surface area (Å²) >= 11 is 6.31. The van der Waals surface area contributed by atoms with Crippen molar-refractivity contribution in [1.29, 1.82) is 0 Å². The second-order valence-electron chi connectivity index (χ2n) is 8.12. The summed E-state index contributed by atoms with van der Waals surface area (Å²) in [6.45, 7) is 0.688. The first-order chi connectivity index (χ1) is 14.6. The molecule has 1 saturated heterocycles. The van der Waals surface area contributed by atoms with Gasteiger partial charge in [-0.15, -0.1) is 0 Å². The summed E-state index contributed by atoms with van der Waals surface area (Å²) in [7, 11) is 0. The Morgan fingerprint density at radius 2 is 1.93 bits per heavy atom. The first-order valence-electron chi connectivity index (χ1n) is 10.2. The van der Waals surface area contributed by atoms with Crippen molar-refractivity contribution in [2.45, 2.75) is 38.1 Å². The molecule has 5 rings (SSSR count). The molecule has 1 aromatic carbocycles. The molecule has 1 aliphatic heterocycles. The van der Waals surface area contributed by atoms with Crippen LogP contribution in [0.15, 0.2) is 48.8 Å². The third-order valence-corrected chi connectivity index (χ3v) is 6.76. The number of rotatable bonds is 3. The van der Waals surface area contributed by atoms with Crippen molar-refractivity contribution in [3.8, 4) is 0 Å². The quantitative estimate of drug-likeness (QED) is 0.699. The highest BCUT2D eigenvalue weighted by Gasteiger charge is 2.49. The standard InChI is InChI=1S/C22H22ClN5O2/c23-16-4-1-2-5-17(16)27-13-11-22(21(27)30)9-7-15(8-10-22)26-20(29)18-14-24-19-6-3-12-25-28(18)19/h1-6,12,14-15H,7-11,13H2,(H,26,29)/t15-,22-. The number of nitrogens with zero attached hydrogens (tertiary/aromatic N) is 4. The van der Waals surface area contributed by atoms with E-state index in [1.807, 2.05) is 35.2 Å². The summed E-state index contributed by atoms with van der Waals surface area (Å²) in [4.78, 5) is 32.0. The van der Waals surface area contributed by atoms with Crippen LogP contribution in [0.25, 0.3) is 5.65 Å². The first-order valence-corrected chi connectivity index (χ1v) is 10.6. The van der Waals surface area contributed by atoms with Crippen molar-refractivity contribution in [3.05, 3.63) is 59.5 Å². The fourth-order valence-electron chi connectivity index (χ4n) is 4.74. The number of nitrogens with one attached hydrogen (secondary N) is 1. The van der Waals surface area contributed by atoms with E-state index in [-0.39, 0.29) is 23.3 Å². The number of carbonyl (C=O) groups excluding carboxylic acids is 2. The molecule has 2 fully saturated rings. The lowest BCUT2D eigenvalue weighted by Gasteiger charge is -2.36. The number of carbonyl (C=O) groups is 2. The summed E-state index contributed by atoms with van der Waals surface area (Å²) in [6.07, 6.45) is 7.09.